The molecule has 0 spiro atoms. The summed E-state index contributed by atoms with van der Waals surface area (Å²) in [5.41, 5.74) is 0. The van der Waals surface area contributed by atoms with Crippen molar-refractivity contribution in [3.8, 4) is 0 Å². The Morgan fingerprint density at radius 3 is 2.09 bits per heavy atom. The molecular formula is C7H13O2S2. The summed E-state index contributed by atoms with van der Waals surface area (Å²) < 4.78 is 0.820. The molecule has 0 unspecified atom stereocenters. The van der Waals surface area contributed by atoms with E-state index < -0.39 is 5.97 Å². The molecular weight excluding hydrogens is 180 g/mol. The number of carboxylic acid groups (broad SMARTS) is 1. The maximum absolute atomic E-state index is 10.1. The van der Waals surface area contributed by atoms with Crippen LogP contribution in [0, 0.1) is 4.58 Å². The van der Waals surface area contributed by atoms with Crippen LogP contribution in [-0.2, 0) is 4.79 Å². The minimum atomic E-state index is -0.717. The van der Waals surface area contributed by atoms with Crippen LogP contribution in [0.4, 0.5) is 0 Å². The molecule has 0 fully saturated rings. The molecule has 65 valence electrons. The maximum Gasteiger partial charge on any atom is 0.303 e. The van der Waals surface area contributed by atoms with E-state index in [1.165, 1.54) is 0 Å². The monoisotopic (exact) mass is 193 g/mol. The van der Waals surface area contributed by atoms with Crippen LogP contribution < -0.4 is 0 Å². The summed E-state index contributed by atoms with van der Waals surface area (Å²) in [6.45, 7) is 0. The fourth-order valence-corrected chi connectivity index (χ4v) is 1.05. The predicted octanol–water partition coefficient (Wildman–Crippen LogP) is 2.37. The number of unbranched alkanes of at least 4 members (excludes halogenated alkanes) is 2. The Hall–Kier alpha value is 0.170. The Morgan fingerprint density at radius 2 is 1.64 bits per heavy atom. The van der Waals surface area contributed by atoms with Crippen LogP contribution in [0.5, 0.6) is 0 Å². The van der Waals surface area contributed by atoms with Crippen molar-refractivity contribution in [2.75, 3.05) is 0 Å². The highest BCUT2D eigenvalue weighted by atomic mass is 32.2. The average Bonchev–Trinajstić information content (AvgIpc) is 1.85. The zero-order valence-electron chi connectivity index (χ0n) is 6.29. The molecule has 1 N–H and O–H groups in total. The number of carboxylic acids is 1. The molecule has 0 atom stereocenters. The lowest BCUT2D eigenvalue weighted by atomic mass is 10.1. The minimum absolute atomic E-state index is 0.272. The van der Waals surface area contributed by atoms with Crippen LogP contribution in [0.15, 0.2) is 0 Å². The highest BCUT2D eigenvalue weighted by Gasteiger charge is 1.98. The lowest BCUT2D eigenvalue weighted by molar-refractivity contribution is -0.137. The van der Waals surface area contributed by atoms with Gasteiger partial charge in [-0.25, -0.2) is 0 Å². The molecule has 4 heteroatoms. The second-order valence-corrected chi connectivity index (χ2v) is 3.80. The number of hydrogen-bond donors (Lipinski definition) is 3. The standard InChI is InChI=1S/C7H13O2S2/c8-6(9)4-2-1-3-5-7(10)11/h10-11H,1-5H2,(H,8,9). The van der Waals surface area contributed by atoms with E-state index >= 15 is 0 Å². The van der Waals surface area contributed by atoms with E-state index in [-0.39, 0.29) is 6.42 Å². The smallest absolute Gasteiger partial charge is 0.303 e. The second kappa shape index (κ2) is 6.85. The van der Waals surface area contributed by atoms with Crippen molar-refractivity contribution in [3.05, 3.63) is 4.58 Å². The van der Waals surface area contributed by atoms with Gasteiger partial charge in [-0.1, -0.05) is 12.8 Å². The normalized spacial score (nSPS) is 10.5. The van der Waals surface area contributed by atoms with E-state index in [2.05, 4.69) is 25.3 Å². The fraction of sp³-hybridized carbons (Fsp3) is 0.714. The quantitative estimate of drug-likeness (QED) is 0.447. The molecule has 0 saturated heterocycles. The van der Waals surface area contributed by atoms with Crippen LogP contribution >= 0.6 is 25.3 Å². The third-order valence-corrected chi connectivity index (χ3v) is 1.74. The molecule has 2 nitrogen and oxygen atoms in total. The minimum Gasteiger partial charge on any atom is -0.481 e. The summed E-state index contributed by atoms with van der Waals surface area (Å²) in [5.74, 6) is -0.717. The van der Waals surface area contributed by atoms with Gasteiger partial charge in [0.2, 0.25) is 0 Å². The van der Waals surface area contributed by atoms with Crippen LogP contribution in [0.25, 0.3) is 0 Å². The molecule has 0 rings (SSSR count). The molecule has 1 radical (unpaired) electrons. The zero-order chi connectivity index (χ0) is 8.69. The topological polar surface area (TPSA) is 37.3 Å². The summed E-state index contributed by atoms with van der Waals surface area (Å²) >= 11 is 8.01. The molecule has 0 aliphatic heterocycles. The Balaban J connectivity index is 2.97. The SMILES string of the molecule is O=C(O)CCCCC[C](S)S. The van der Waals surface area contributed by atoms with Gasteiger partial charge in [-0.15, -0.1) is 0 Å². The van der Waals surface area contributed by atoms with Crippen molar-refractivity contribution in [1.82, 2.24) is 0 Å². The molecule has 0 aromatic rings. The predicted molar refractivity (Wildman–Crippen MR) is 51.9 cm³/mol. The summed E-state index contributed by atoms with van der Waals surface area (Å²) in [6, 6.07) is 0. The van der Waals surface area contributed by atoms with Crippen molar-refractivity contribution < 1.29 is 9.90 Å². The molecule has 0 aromatic carbocycles. The van der Waals surface area contributed by atoms with Gasteiger partial charge in [0.25, 0.3) is 0 Å². The highest BCUT2D eigenvalue weighted by molar-refractivity contribution is 8.03. The summed E-state index contributed by atoms with van der Waals surface area (Å²) in [7, 11) is 0. The molecule has 11 heavy (non-hydrogen) atoms. The van der Waals surface area contributed by atoms with Gasteiger partial charge in [-0.2, -0.15) is 25.3 Å². The third kappa shape index (κ3) is 10.2. The van der Waals surface area contributed by atoms with Crippen LogP contribution in [-0.4, -0.2) is 11.1 Å². The number of rotatable bonds is 6. The molecule has 0 bridgehead atoms. The van der Waals surface area contributed by atoms with E-state index in [0.29, 0.717) is 0 Å². The van der Waals surface area contributed by atoms with Gasteiger partial charge in [-0.05, 0) is 12.8 Å². The Morgan fingerprint density at radius 1 is 1.09 bits per heavy atom. The van der Waals surface area contributed by atoms with Gasteiger partial charge >= 0.3 is 5.97 Å². The summed E-state index contributed by atoms with van der Waals surface area (Å²) in [6.07, 6.45) is 3.82. The lowest BCUT2D eigenvalue weighted by Gasteiger charge is -2.00. The van der Waals surface area contributed by atoms with Crippen molar-refractivity contribution >= 4 is 31.2 Å². The van der Waals surface area contributed by atoms with E-state index in [4.69, 9.17) is 5.11 Å². The van der Waals surface area contributed by atoms with Crippen molar-refractivity contribution in [1.29, 1.82) is 0 Å². The number of carbonyl (C=O) groups is 1. The Bertz CT molecular complexity index is 115. The average molecular weight is 193 g/mol. The molecule has 0 saturated carbocycles. The van der Waals surface area contributed by atoms with Gasteiger partial charge in [0.15, 0.2) is 0 Å². The molecule has 0 aromatic heterocycles. The van der Waals surface area contributed by atoms with Crippen molar-refractivity contribution in [2.24, 2.45) is 0 Å². The van der Waals surface area contributed by atoms with Crippen LogP contribution in [0.1, 0.15) is 32.1 Å². The molecule has 0 aliphatic rings. The van der Waals surface area contributed by atoms with E-state index in [9.17, 15) is 4.79 Å². The first-order chi connectivity index (χ1) is 5.13. The van der Waals surface area contributed by atoms with Crippen molar-refractivity contribution in [3.63, 3.8) is 0 Å². The van der Waals surface area contributed by atoms with E-state index in [0.717, 1.165) is 30.3 Å². The number of thiol groups is 2. The van der Waals surface area contributed by atoms with Crippen LogP contribution in [0.2, 0.25) is 0 Å². The summed E-state index contributed by atoms with van der Waals surface area (Å²) in [4.78, 5) is 10.1. The number of hydrogen-bond acceptors (Lipinski definition) is 3. The van der Waals surface area contributed by atoms with Gasteiger partial charge in [0.1, 0.15) is 0 Å². The number of aliphatic carboxylic acids is 1. The first kappa shape index (κ1) is 11.2. The van der Waals surface area contributed by atoms with Gasteiger partial charge in [0, 0.05) is 6.42 Å². The van der Waals surface area contributed by atoms with Gasteiger partial charge < -0.3 is 5.11 Å². The van der Waals surface area contributed by atoms with Gasteiger partial charge in [0.05, 0.1) is 4.58 Å². The highest BCUT2D eigenvalue weighted by Crippen LogP contribution is 2.19. The zero-order valence-corrected chi connectivity index (χ0v) is 8.07. The second-order valence-electron chi connectivity index (χ2n) is 2.37. The first-order valence-electron chi connectivity index (χ1n) is 3.58. The van der Waals surface area contributed by atoms with E-state index in [1.807, 2.05) is 0 Å². The third-order valence-electron chi connectivity index (χ3n) is 1.29. The largest absolute Gasteiger partial charge is 0.481 e. The summed E-state index contributed by atoms with van der Waals surface area (Å²) in [5, 5.41) is 8.29. The molecule has 0 aliphatic carbocycles. The van der Waals surface area contributed by atoms with E-state index in [1.54, 1.807) is 0 Å². The lowest BCUT2D eigenvalue weighted by Crippen LogP contribution is -1.93. The van der Waals surface area contributed by atoms with Gasteiger partial charge in [-0.3, -0.25) is 4.79 Å². The molecule has 0 heterocycles. The first-order valence-corrected chi connectivity index (χ1v) is 4.48. The Labute approximate surface area is 78.2 Å². The fourth-order valence-electron chi connectivity index (χ4n) is 0.736. The van der Waals surface area contributed by atoms with Crippen LogP contribution in [0.3, 0.4) is 0 Å². The Kier molecular flexibility index (Phi) is 6.96. The maximum atomic E-state index is 10.1. The van der Waals surface area contributed by atoms with Crippen molar-refractivity contribution in [2.45, 2.75) is 32.1 Å². The molecule has 0 amide bonds.